The van der Waals surface area contributed by atoms with Gasteiger partial charge in [-0.3, -0.25) is 0 Å². The highest BCUT2D eigenvalue weighted by atomic mass is 15.0. The van der Waals surface area contributed by atoms with Crippen LogP contribution >= 0.6 is 0 Å². The third kappa shape index (κ3) is 14.3. The van der Waals surface area contributed by atoms with Crippen LogP contribution in [0, 0.1) is 76.0 Å². The fourth-order valence-electron chi connectivity index (χ4n) is 13.4. The first kappa shape index (κ1) is 59.0. The second-order valence-corrected chi connectivity index (χ2v) is 25.6. The van der Waals surface area contributed by atoms with Gasteiger partial charge in [-0.15, -0.1) is 0 Å². The highest BCUT2D eigenvalue weighted by molar-refractivity contribution is 5.82. The maximum absolute atomic E-state index is 7.78. The largest absolute Gasteiger partial charge is 0.213 e. The Morgan fingerprint density at radius 3 is 0.833 bits per heavy atom. The second-order valence-electron chi connectivity index (χ2n) is 25.6. The summed E-state index contributed by atoms with van der Waals surface area (Å²) in [5.74, 6) is 0. The molecule has 476 valence electrons. The number of nitrogens with zero attached hydrogens (tertiary/aromatic N) is 5. The lowest BCUT2D eigenvalue weighted by molar-refractivity contribution is -0.633. The molecule has 0 radical (unpaired) electrons. The van der Waals surface area contributed by atoms with Gasteiger partial charge in [0.05, 0.1) is 0 Å². The van der Waals surface area contributed by atoms with Gasteiger partial charge in [0, 0.05) is 124 Å². The van der Waals surface area contributed by atoms with E-state index >= 15 is 0 Å². The average Bonchev–Trinajstić information content (AvgIpc) is 0.794. The van der Waals surface area contributed by atoms with Crippen molar-refractivity contribution in [3.63, 3.8) is 0 Å². The smallest absolute Gasteiger partial charge is 0.194 e. The number of pyridine rings is 5. The molecule has 0 atom stereocenters. The third-order valence-corrected chi connectivity index (χ3v) is 18.9. The molecule has 15 rings (SSSR count). The van der Waals surface area contributed by atoms with E-state index < -0.39 is 13.7 Å². The van der Waals surface area contributed by atoms with E-state index in [4.69, 9.17) is 8.22 Å². The molecule has 0 aliphatic heterocycles. The zero-order chi connectivity index (χ0) is 72.9. The summed E-state index contributed by atoms with van der Waals surface area (Å²) >= 11 is 0. The van der Waals surface area contributed by atoms with E-state index in [1.165, 1.54) is 111 Å². The maximum Gasteiger partial charge on any atom is 0.213 e. The minimum absolute atomic E-state index is 0.386. The molecule has 96 heavy (non-hydrogen) atoms. The van der Waals surface area contributed by atoms with E-state index in [1.807, 2.05) is 65.2 Å². The molecule has 0 aliphatic carbocycles. The van der Waals surface area contributed by atoms with E-state index in [-0.39, 0.29) is 0 Å². The van der Waals surface area contributed by atoms with Gasteiger partial charge >= 0.3 is 0 Å². The molecule has 0 fully saturated rings. The molecule has 0 aliphatic rings. The lowest BCUT2D eigenvalue weighted by atomic mass is 9.97. The fraction of sp³-hybridized carbons (Fsp3) is 0.176. The standard InChI is InChI=1S/2C19H20N.2C18H18N.C17H16N/c2*1-13-11-14(2)15(3)17(12-13)19-10-9-16-7-5-6-8-18(16)20(19)4;2*1-13-8-10-16(14(2)12-13)18-11-9-15-6-4-5-7-17(15)19(18)3;1-13-7-3-5-9-15(13)17-12-11-14-8-4-6-10-16(14)18(17)2/h2*5-12H,1-4H3;2*4-12H,1-3H3;3-12H,1-2H3/q5*+1/i2D3;;1D3;;. The van der Waals surface area contributed by atoms with Gasteiger partial charge in [0.15, 0.2) is 0 Å². The van der Waals surface area contributed by atoms with Crippen molar-refractivity contribution >= 4 is 54.5 Å². The number of aromatic nitrogens is 5. The SMILES string of the molecule is Cc1cc(C)c(C)c(-c2ccc3ccccc3[n+]2C)c1.Cc1ccc(-c2ccc3ccccc3[n+]2C)c(C)c1.Cc1ccccc1-c1ccc2ccccc2[n+]1C.[2H]C([2H])([2H])c1cc(C)cc(-c2ccc3ccccc3[n+]2C)c1C.[2H]C([2H])([2H])c1ccc(-c2ccc3ccccc3[n+]2C)c(C)c1. The third-order valence-electron chi connectivity index (χ3n) is 18.9. The molecular formula is C91H92N5+5. The zero-order valence-electron chi connectivity index (χ0n) is 64.1. The summed E-state index contributed by atoms with van der Waals surface area (Å²) in [5.41, 5.74) is 29.5. The Hall–Kier alpha value is -10.8. The minimum atomic E-state index is -2.10. The van der Waals surface area contributed by atoms with Crippen molar-refractivity contribution in [2.24, 2.45) is 35.2 Å². The predicted molar refractivity (Wildman–Crippen MR) is 405 cm³/mol. The van der Waals surface area contributed by atoms with Crippen molar-refractivity contribution < 1.29 is 31.1 Å². The molecule has 0 spiro atoms. The first-order valence-electron chi connectivity index (χ1n) is 36.0. The Balaban J connectivity index is 0.000000128. The van der Waals surface area contributed by atoms with E-state index in [0.717, 1.165) is 50.2 Å². The minimum Gasteiger partial charge on any atom is -0.194 e. The monoisotopic (exact) mass is 1260 g/mol. The molecule has 0 saturated heterocycles. The molecule has 10 aromatic carbocycles. The van der Waals surface area contributed by atoms with Gasteiger partial charge in [0.25, 0.3) is 0 Å². The number of aryl methyl sites for hydroxylation is 14. The van der Waals surface area contributed by atoms with Crippen LogP contribution in [0.15, 0.2) is 267 Å². The number of hydrogen-bond donors (Lipinski definition) is 0. The summed E-state index contributed by atoms with van der Waals surface area (Å²) in [6, 6.07) is 92.4. The van der Waals surface area contributed by atoms with Crippen molar-refractivity contribution in [2.45, 2.75) is 76.0 Å². The molecule has 5 heterocycles. The quantitative estimate of drug-likeness (QED) is 0.153. The molecule has 15 aromatic rings. The molecule has 0 unspecified atom stereocenters. The van der Waals surface area contributed by atoms with Crippen LogP contribution in [-0.2, 0) is 35.2 Å². The van der Waals surface area contributed by atoms with E-state index in [0.29, 0.717) is 11.1 Å². The number of benzene rings is 10. The fourth-order valence-corrected chi connectivity index (χ4v) is 13.4. The van der Waals surface area contributed by atoms with Crippen LogP contribution in [0.25, 0.3) is 111 Å². The summed E-state index contributed by atoms with van der Waals surface area (Å²) in [7, 11) is 10.5. The van der Waals surface area contributed by atoms with Gasteiger partial charge in [-0.2, -0.15) is 22.8 Å². The van der Waals surface area contributed by atoms with Crippen LogP contribution < -0.4 is 22.8 Å². The molecule has 0 bridgehead atoms. The van der Waals surface area contributed by atoms with Crippen LogP contribution in [-0.4, -0.2) is 0 Å². The number of fused-ring (bicyclic) bond motifs is 5. The molecule has 0 amide bonds. The molecule has 0 saturated carbocycles. The van der Waals surface area contributed by atoms with Gasteiger partial charge in [-0.25, -0.2) is 0 Å². The highest BCUT2D eigenvalue weighted by Gasteiger charge is 2.21. The molecule has 0 N–H and O–H groups in total. The molecule has 5 heteroatoms. The Morgan fingerprint density at radius 2 is 0.490 bits per heavy atom. The first-order chi connectivity index (χ1) is 48.7. The average molecular weight is 1260 g/mol. The van der Waals surface area contributed by atoms with E-state index in [2.05, 4.69) is 304 Å². The van der Waals surface area contributed by atoms with Crippen molar-refractivity contribution in [3.8, 4) is 56.3 Å². The lowest BCUT2D eigenvalue weighted by Gasteiger charge is -2.10. The van der Waals surface area contributed by atoms with Gasteiger partial charge in [-0.1, -0.05) is 138 Å². The number of rotatable bonds is 5. The van der Waals surface area contributed by atoms with Crippen molar-refractivity contribution in [3.05, 3.63) is 328 Å². The Labute approximate surface area is 578 Å². The van der Waals surface area contributed by atoms with Crippen LogP contribution in [0.2, 0.25) is 0 Å². The summed E-state index contributed by atoms with van der Waals surface area (Å²) in [5, 5.41) is 6.18. The maximum atomic E-state index is 7.78. The summed E-state index contributed by atoms with van der Waals surface area (Å²) in [4.78, 5) is 0. The second kappa shape index (κ2) is 29.3. The van der Waals surface area contributed by atoms with Gasteiger partial charge in [-0.05, 0) is 206 Å². The topological polar surface area (TPSA) is 19.4 Å². The molecular weight excluding hydrogens is 1160 g/mol. The van der Waals surface area contributed by atoms with Gasteiger partial charge in [0.2, 0.25) is 56.1 Å². The van der Waals surface area contributed by atoms with Crippen molar-refractivity contribution in [1.82, 2.24) is 0 Å². The summed E-state index contributed by atoms with van der Waals surface area (Å²) < 4.78 is 57.0. The Kier molecular flexibility index (Phi) is 18.0. The predicted octanol–water partition coefficient (Wildman–Crippen LogP) is 20.0. The van der Waals surface area contributed by atoms with E-state index in [1.54, 1.807) is 18.2 Å². The number of hydrogen-bond acceptors (Lipinski definition) is 0. The van der Waals surface area contributed by atoms with E-state index in [9.17, 15) is 0 Å². The zero-order valence-corrected chi connectivity index (χ0v) is 58.1. The first-order valence-corrected chi connectivity index (χ1v) is 33.0. The normalized spacial score (nSPS) is 12.1. The Morgan fingerprint density at radius 1 is 0.208 bits per heavy atom. The van der Waals surface area contributed by atoms with Crippen molar-refractivity contribution in [2.75, 3.05) is 0 Å². The summed E-state index contributed by atoms with van der Waals surface area (Å²) in [6.45, 7) is 14.7. The van der Waals surface area contributed by atoms with Crippen LogP contribution in [0.4, 0.5) is 0 Å². The van der Waals surface area contributed by atoms with Crippen LogP contribution in [0.1, 0.15) is 69.4 Å². The van der Waals surface area contributed by atoms with Crippen molar-refractivity contribution in [1.29, 1.82) is 0 Å². The molecule has 5 nitrogen and oxygen atoms in total. The number of para-hydroxylation sites is 5. The summed E-state index contributed by atoms with van der Waals surface area (Å²) in [6.07, 6.45) is 0. The van der Waals surface area contributed by atoms with Crippen LogP contribution in [0.3, 0.4) is 0 Å². The van der Waals surface area contributed by atoms with Crippen LogP contribution in [0.5, 0.6) is 0 Å². The highest BCUT2D eigenvalue weighted by Crippen LogP contribution is 2.30. The molecule has 5 aromatic heterocycles. The van der Waals surface area contributed by atoms with Gasteiger partial charge < -0.3 is 0 Å². The van der Waals surface area contributed by atoms with Gasteiger partial charge in [0.1, 0.15) is 35.2 Å². The lowest BCUT2D eigenvalue weighted by Crippen LogP contribution is -2.32. The Bertz CT molecular complexity index is 5630.